The fraction of sp³-hybridized carbons (Fsp3) is 0.619. The minimum Gasteiger partial charge on any atom is -0.488 e. The molecular weight excluding hydrogens is 364 g/mol. The molecule has 0 spiro atoms. The molecule has 1 aliphatic carbocycles. The van der Waals surface area contributed by atoms with Crippen LogP contribution in [-0.4, -0.2) is 47.8 Å². The Labute approximate surface area is 163 Å². The fourth-order valence-electron chi connectivity index (χ4n) is 5.79. The maximum atomic E-state index is 12.6. The largest absolute Gasteiger partial charge is 0.488 e. The molecule has 2 saturated heterocycles. The van der Waals surface area contributed by atoms with Crippen LogP contribution in [0.4, 0.5) is 0 Å². The molecule has 0 aromatic heterocycles. The summed E-state index contributed by atoms with van der Waals surface area (Å²) >= 11 is 0. The third kappa shape index (κ3) is 2.12. The molecule has 4 aliphatic heterocycles. The van der Waals surface area contributed by atoms with Crippen LogP contribution in [-0.2, 0) is 28.5 Å². The fourth-order valence-corrected chi connectivity index (χ4v) is 5.79. The van der Waals surface area contributed by atoms with E-state index in [1.807, 2.05) is 19.9 Å². The van der Waals surface area contributed by atoms with Gasteiger partial charge in [0, 0.05) is 30.3 Å². The SMILES string of the molecule is C=C(C)[C@@H]1CC=C2C(=O)O[C@H]3C[C@@]4(C)OC5=C(C(=O)OC)[C@@](O)(C1)O[C@H]5[C@H]4[C@@H]23. The number of carbonyl (C=O) groups is 2. The molecule has 1 saturated carbocycles. The predicted molar refractivity (Wildman–Crippen MR) is 95.5 cm³/mol. The molecule has 28 heavy (non-hydrogen) atoms. The van der Waals surface area contributed by atoms with Gasteiger partial charge >= 0.3 is 11.9 Å². The molecule has 7 atom stereocenters. The van der Waals surface area contributed by atoms with Crippen LogP contribution in [0.2, 0.25) is 0 Å². The van der Waals surface area contributed by atoms with Gasteiger partial charge in [0.25, 0.3) is 0 Å². The Morgan fingerprint density at radius 3 is 2.82 bits per heavy atom. The lowest BCUT2D eigenvalue weighted by atomic mass is 9.79. The first-order valence-electron chi connectivity index (χ1n) is 9.67. The molecule has 1 N–H and O–H groups in total. The number of fused-ring (bicyclic) bond motifs is 1. The van der Waals surface area contributed by atoms with Gasteiger partial charge in [-0.1, -0.05) is 18.2 Å². The number of carbonyl (C=O) groups excluding carboxylic acids is 2. The summed E-state index contributed by atoms with van der Waals surface area (Å²) in [6.07, 6.45) is 2.17. The average molecular weight is 388 g/mol. The van der Waals surface area contributed by atoms with E-state index < -0.39 is 23.5 Å². The van der Waals surface area contributed by atoms with Crippen molar-refractivity contribution in [2.24, 2.45) is 17.8 Å². The predicted octanol–water partition coefficient (Wildman–Crippen LogP) is 1.76. The number of hydrogen-bond donors (Lipinski definition) is 1. The minimum absolute atomic E-state index is 0.0344. The van der Waals surface area contributed by atoms with Crippen molar-refractivity contribution in [2.45, 2.75) is 56.7 Å². The minimum atomic E-state index is -1.81. The monoisotopic (exact) mass is 388 g/mol. The van der Waals surface area contributed by atoms with Crippen molar-refractivity contribution in [2.75, 3.05) is 7.11 Å². The highest BCUT2D eigenvalue weighted by Gasteiger charge is 2.71. The average Bonchev–Trinajstić information content (AvgIpc) is 3.22. The highest BCUT2D eigenvalue weighted by Crippen LogP contribution is 2.62. The summed E-state index contributed by atoms with van der Waals surface area (Å²) in [6.45, 7) is 7.83. The van der Waals surface area contributed by atoms with Crippen molar-refractivity contribution >= 4 is 11.9 Å². The second kappa shape index (κ2) is 5.48. The molecule has 0 radical (unpaired) electrons. The van der Waals surface area contributed by atoms with E-state index in [1.165, 1.54) is 7.11 Å². The van der Waals surface area contributed by atoms with Gasteiger partial charge in [0.1, 0.15) is 29.1 Å². The molecular formula is C21H24O7. The molecule has 4 heterocycles. The Morgan fingerprint density at radius 2 is 2.14 bits per heavy atom. The Balaban J connectivity index is 1.71. The zero-order chi connectivity index (χ0) is 20.0. The lowest BCUT2D eigenvalue weighted by Crippen LogP contribution is -2.43. The van der Waals surface area contributed by atoms with Gasteiger partial charge in [0.15, 0.2) is 0 Å². The first-order valence-corrected chi connectivity index (χ1v) is 9.67. The van der Waals surface area contributed by atoms with Crippen LogP contribution >= 0.6 is 0 Å². The molecule has 7 nitrogen and oxygen atoms in total. The number of aliphatic hydroxyl groups is 1. The van der Waals surface area contributed by atoms with E-state index in [0.29, 0.717) is 24.2 Å². The molecule has 0 aromatic carbocycles. The molecule has 150 valence electrons. The second-order valence-electron chi connectivity index (χ2n) is 8.81. The quantitative estimate of drug-likeness (QED) is 0.569. The van der Waals surface area contributed by atoms with Crippen molar-refractivity contribution < 1.29 is 33.6 Å². The van der Waals surface area contributed by atoms with Gasteiger partial charge in [-0.3, -0.25) is 0 Å². The van der Waals surface area contributed by atoms with E-state index in [1.54, 1.807) is 0 Å². The van der Waals surface area contributed by atoms with Gasteiger partial charge in [-0.25, -0.2) is 9.59 Å². The van der Waals surface area contributed by atoms with Gasteiger partial charge < -0.3 is 24.1 Å². The summed E-state index contributed by atoms with van der Waals surface area (Å²) < 4.78 is 23.0. The Bertz CT molecular complexity index is 870. The zero-order valence-electron chi connectivity index (χ0n) is 16.2. The van der Waals surface area contributed by atoms with E-state index in [0.717, 1.165) is 5.57 Å². The number of allylic oxidation sites excluding steroid dienone is 2. The summed E-state index contributed by atoms with van der Waals surface area (Å²) in [5.41, 5.74) is 0.878. The Morgan fingerprint density at radius 1 is 1.39 bits per heavy atom. The molecule has 2 bridgehead atoms. The number of ether oxygens (including phenoxy) is 4. The first-order chi connectivity index (χ1) is 13.2. The van der Waals surface area contributed by atoms with Crippen molar-refractivity contribution in [3.05, 3.63) is 35.1 Å². The van der Waals surface area contributed by atoms with Crippen molar-refractivity contribution in [3.63, 3.8) is 0 Å². The van der Waals surface area contributed by atoms with Crippen LogP contribution in [0.15, 0.2) is 35.1 Å². The Hall–Kier alpha value is -2.12. The van der Waals surface area contributed by atoms with Crippen LogP contribution in [0.3, 0.4) is 0 Å². The van der Waals surface area contributed by atoms with Crippen LogP contribution in [0.1, 0.15) is 33.1 Å². The smallest absolute Gasteiger partial charge is 0.342 e. The molecule has 0 aromatic rings. The van der Waals surface area contributed by atoms with Crippen LogP contribution in [0.25, 0.3) is 0 Å². The van der Waals surface area contributed by atoms with E-state index in [9.17, 15) is 14.7 Å². The Kier molecular flexibility index (Phi) is 3.51. The third-order valence-electron chi connectivity index (χ3n) is 7.07. The van der Waals surface area contributed by atoms with Crippen LogP contribution in [0, 0.1) is 17.8 Å². The summed E-state index contributed by atoms with van der Waals surface area (Å²) in [6, 6.07) is 0. The third-order valence-corrected chi connectivity index (χ3v) is 7.07. The van der Waals surface area contributed by atoms with E-state index in [-0.39, 0.29) is 41.8 Å². The van der Waals surface area contributed by atoms with E-state index >= 15 is 0 Å². The number of rotatable bonds is 2. The highest BCUT2D eigenvalue weighted by atomic mass is 16.7. The summed E-state index contributed by atoms with van der Waals surface area (Å²) in [7, 11) is 1.27. The number of hydrogen-bond acceptors (Lipinski definition) is 7. The zero-order valence-corrected chi connectivity index (χ0v) is 16.2. The lowest BCUT2D eigenvalue weighted by molar-refractivity contribution is -0.203. The molecule has 0 unspecified atom stereocenters. The number of esters is 2. The first kappa shape index (κ1) is 17.9. The summed E-state index contributed by atoms with van der Waals surface area (Å²) in [5.74, 6) is -3.03. The number of methoxy groups -OCH3 is 1. The molecule has 7 heteroatoms. The molecule has 0 amide bonds. The van der Waals surface area contributed by atoms with Crippen molar-refractivity contribution in [3.8, 4) is 0 Å². The highest BCUT2D eigenvalue weighted by molar-refractivity contribution is 5.93. The summed E-state index contributed by atoms with van der Waals surface area (Å²) in [5, 5.41) is 11.4. The van der Waals surface area contributed by atoms with E-state index in [2.05, 4.69) is 6.58 Å². The standard InChI is InChI=1S/C21H24O7/c1-9(2)10-5-6-11-13-12(26-18(11)22)8-20(3)14(13)16-17(27-20)15(19(23)25-4)21(24,7-10)28-16/h6,10,12-14,16,24H,1,5,7-8H2,2-4H3/t10-,12+,13+,14-,16+,20-,21-/m1/s1. The maximum Gasteiger partial charge on any atom is 0.342 e. The summed E-state index contributed by atoms with van der Waals surface area (Å²) in [4.78, 5) is 25.1. The van der Waals surface area contributed by atoms with Gasteiger partial charge in [0.05, 0.1) is 7.11 Å². The van der Waals surface area contributed by atoms with Crippen LogP contribution < -0.4 is 0 Å². The molecule has 3 fully saturated rings. The van der Waals surface area contributed by atoms with Gasteiger partial charge in [0.2, 0.25) is 5.79 Å². The normalized spacial score (nSPS) is 45.5. The van der Waals surface area contributed by atoms with E-state index in [4.69, 9.17) is 18.9 Å². The van der Waals surface area contributed by atoms with Gasteiger partial charge in [-0.2, -0.15) is 0 Å². The van der Waals surface area contributed by atoms with Gasteiger partial charge in [-0.05, 0) is 26.2 Å². The molecule has 5 rings (SSSR count). The lowest BCUT2D eigenvalue weighted by Gasteiger charge is -2.34. The molecule has 5 aliphatic rings. The topological polar surface area (TPSA) is 91.3 Å². The van der Waals surface area contributed by atoms with Gasteiger partial charge in [-0.15, -0.1) is 0 Å². The van der Waals surface area contributed by atoms with Crippen molar-refractivity contribution in [1.82, 2.24) is 0 Å². The maximum absolute atomic E-state index is 12.6. The van der Waals surface area contributed by atoms with Crippen LogP contribution in [0.5, 0.6) is 0 Å². The second-order valence-corrected chi connectivity index (χ2v) is 8.81. The van der Waals surface area contributed by atoms with Crippen molar-refractivity contribution in [1.29, 1.82) is 0 Å².